The molecule has 0 aliphatic carbocycles. The number of nitrogens with two attached hydrogens (primary N) is 1. The van der Waals surface area contributed by atoms with Gasteiger partial charge in [-0.15, -0.1) is 0 Å². The van der Waals surface area contributed by atoms with Crippen molar-refractivity contribution in [3.8, 4) is 5.75 Å². The summed E-state index contributed by atoms with van der Waals surface area (Å²) in [7, 11) is 0. The van der Waals surface area contributed by atoms with Crippen molar-refractivity contribution in [3.05, 3.63) is 29.8 Å². The molecular formula is C14H24N2O. The van der Waals surface area contributed by atoms with E-state index in [9.17, 15) is 0 Å². The number of benzene rings is 1. The van der Waals surface area contributed by atoms with Gasteiger partial charge in [-0.25, -0.2) is 0 Å². The molecule has 0 heterocycles. The summed E-state index contributed by atoms with van der Waals surface area (Å²) >= 11 is 0. The molecule has 3 N–H and O–H groups in total. The quantitative estimate of drug-likeness (QED) is 0.677. The number of hydrogen-bond acceptors (Lipinski definition) is 3. The third-order valence-electron chi connectivity index (χ3n) is 2.72. The van der Waals surface area contributed by atoms with Crippen LogP contribution in [0.3, 0.4) is 0 Å². The molecule has 17 heavy (non-hydrogen) atoms. The van der Waals surface area contributed by atoms with E-state index < -0.39 is 0 Å². The van der Waals surface area contributed by atoms with Gasteiger partial charge in [0.15, 0.2) is 0 Å². The number of ether oxygens (including phenoxy) is 1. The first-order valence-electron chi connectivity index (χ1n) is 6.38. The van der Waals surface area contributed by atoms with E-state index in [0.717, 1.165) is 38.4 Å². The van der Waals surface area contributed by atoms with Crippen LogP contribution in [0.1, 0.15) is 19.4 Å². The molecule has 96 valence electrons. The predicted molar refractivity (Wildman–Crippen MR) is 72.4 cm³/mol. The van der Waals surface area contributed by atoms with Crippen molar-refractivity contribution in [1.82, 2.24) is 5.32 Å². The van der Waals surface area contributed by atoms with Crippen molar-refractivity contribution in [3.63, 3.8) is 0 Å². The van der Waals surface area contributed by atoms with E-state index in [0.29, 0.717) is 5.92 Å². The SMILES string of the molecule is CCOc1ccc(CCNCC(C)CN)cc1. The standard InChI is InChI=1S/C14H24N2O/c1-3-17-14-6-4-13(5-7-14)8-9-16-11-12(2)10-15/h4-7,12,16H,3,8-11,15H2,1-2H3. The molecule has 1 unspecified atom stereocenters. The summed E-state index contributed by atoms with van der Waals surface area (Å²) in [5, 5.41) is 3.41. The summed E-state index contributed by atoms with van der Waals surface area (Å²) in [4.78, 5) is 0. The first kappa shape index (κ1) is 14.0. The third-order valence-corrected chi connectivity index (χ3v) is 2.72. The lowest BCUT2D eigenvalue weighted by Gasteiger charge is -2.10. The summed E-state index contributed by atoms with van der Waals surface area (Å²) in [5.41, 5.74) is 6.89. The molecule has 0 aliphatic rings. The van der Waals surface area contributed by atoms with Gasteiger partial charge in [0, 0.05) is 0 Å². The Morgan fingerprint density at radius 3 is 2.59 bits per heavy atom. The summed E-state index contributed by atoms with van der Waals surface area (Å²) in [6, 6.07) is 8.31. The fraction of sp³-hybridized carbons (Fsp3) is 0.571. The number of nitrogens with one attached hydrogen (secondary N) is 1. The maximum Gasteiger partial charge on any atom is 0.119 e. The molecule has 1 atom stereocenters. The predicted octanol–water partition coefficient (Wildman–Crippen LogP) is 1.81. The molecule has 1 aromatic carbocycles. The van der Waals surface area contributed by atoms with Crippen molar-refractivity contribution >= 4 is 0 Å². The lowest BCUT2D eigenvalue weighted by atomic mass is 10.1. The third kappa shape index (κ3) is 5.71. The highest BCUT2D eigenvalue weighted by Gasteiger charge is 1.98. The second-order valence-corrected chi connectivity index (χ2v) is 4.37. The minimum absolute atomic E-state index is 0.551. The summed E-state index contributed by atoms with van der Waals surface area (Å²) < 4.78 is 5.40. The lowest BCUT2D eigenvalue weighted by molar-refractivity contribution is 0.340. The molecule has 0 amide bonds. The zero-order chi connectivity index (χ0) is 12.5. The highest BCUT2D eigenvalue weighted by Crippen LogP contribution is 2.12. The Labute approximate surface area is 104 Å². The van der Waals surface area contributed by atoms with Gasteiger partial charge < -0.3 is 15.8 Å². The van der Waals surface area contributed by atoms with E-state index >= 15 is 0 Å². The Balaban J connectivity index is 2.23. The maximum atomic E-state index is 5.56. The fourth-order valence-electron chi connectivity index (χ4n) is 1.58. The van der Waals surface area contributed by atoms with Crippen molar-refractivity contribution in [2.75, 3.05) is 26.2 Å². The first-order chi connectivity index (χ1) is 8.26. The molecule has 0 fully saturated rings. The van der Waals surface area contributed by atoms with Crippen LogP contribution in [0.15, 0.2) is 24.3 Å². The highest BCUT2D eigenvalue weighted by molar-refractivity contribution is 5.27. The van der Waals surface area contributed by atoms with Crippen LogP contribution in [0.5, 0.6) is 5.75 Å². The molecular weight excluding hydrogens is 212 g/mol. The molecule has 0 spiro atoms. The summed E-state index contributed by atoms with van der Waals surface area (Å²) in [6.45, 7) is 7.61. The van der Waals surface area contributed by atoms with Crippen LogP contribution in [0, 0.1) is 5.92 Å². The van der Waals surface area contributed by atoms with Crippen LogP contribution < -0.4 is 15.8 Å². The number of rotatable bonds is 8. The van der Waals surface area contributed by atoms with Gasteiger partial charge in [0.1, 0.15) is 5.75 Å². The van der Waals surface area contributed by atoms with E-state index in [4.69, 9.17) is 10.5 Å². The smallest absolute Gasteiger partial charge is 0.119 e. The second-order valence-electron chi connectivity index (χ2n) is 4.37. The second kappa shape index (κ2) is 8.09. The first-order valence-corrected chi connectivity index (χ1v) is 6.38. The van der Waals surface area contributed by atoms with Gasteiger partial charge in [0.25, 0.3) is 0 Å². The van der Waals surface area contributed by atoms with Crippen molar-refractivity contribution in [1.29, 1.82) is 0 Å². The molecule has 0 saturated carbocycles. The molecule has 0 radical (unpaired) electrons. The van der Waals surface area contributed by atoms with Gasteiger partial charge in [-0.05, 0) is 56.6 Å². The summed E-state index contributed by atoms with van der Waals surface area (Å²) in [5.74, 6) is 1.50. The molecule has 1 aromatic rings. The van der Waals surface area contributed by atoms with Gasteiger partial charge >= 0.3 is 0 Å². The molecule has 1 rings (SSSR count). The Morgan fingerprint density at radius 1 is 1.29 bits per heavy atom. The van der Waals surface area contributed by atoms with Crippen molar-refractivity contribution < 1.29 is 4.74 Å². The Kier molecular flexibility index (Phi) is 6.67. The maximum absolute atomic E-state index is 5.56. The Morgan fingerprint density at radius 2 is 2.00 bits per heavy atom. The molecule has 3 nitrogen and oxygen atoms in total. The number of hydrogen-bond donors (Lipinski definition) is 2. The van der Waals surface area contributed by atoms with Gasteiger partial charge in [-0.2, -0.15) is 0 Å². The van der Waals surface area contributed by atoms with Gasteiger partial charge in [0.2, 0.25) is 0 Å². The molecule has 3 heteroatoms. The highest BCUT2D eigenvalue weighted by atomic mass is 16.5. The molecule has 0 aliphatic heterocycles. The van der Waals surface area contributed by atoms with E-state index in [1.54, 1.807) is 0 Å². The van der Waals surface area contributed by atoms with E-state index in [-0.39, 0.29) is 0 Å². The molecule has 0 bridgehead atoms. The minimum Gasteiger partial charge on any atom is -0.494 e. The Bertz CT molecular complexity index is 298. The van der Waals surface area contributed by atoms with Gasteiger partial charge in [0.05, 0.1) is 6.61 Å². The molecule has 0 saturated heterocycles. The van der Waals surface area contributed by atoms with Crippen LogP contribution in [-0.4, -0.2) is 26.2 Å². The lowest BCUT2D eigenvalue weighted by Crippen LogP contribution is -2.27. The zero-order valence-corrected chi connectivity index (χ0v) is 10.9. The monoisotopic (exact) mass is 236 g/mol. The normalized spacial score (nSPS) is 12.4. The van der Waals surface area contributed by atoms with Gasteiger partial charge in [-0.3, -0.25) is 0 Å². The fourth-order valence-corrected chi connectivity index (χ4v) is 1.58. The Hall–Kier alpha value is -1.06. The minimum atomic E-state index is 0.551. The van der Waals surface area contributed by atoms with E-state index in [1.165, 1.54) is 5.56 Å². The van der Waals surface area contributed by atoms with Crippen LogP contribution in [0.25, 0.3) is 0 Å². The topological polar surface area (TPSA) is 47.3 Å². The molecule has 0 aromatic heterocycles. The van der Waals surface area contributed by atoms with Crippen molar-refractivity contribution in [2.24, 2.45) is 11.7 Å². The van der Waals surface area contributed by atoms with E-state index in [1.807, 2.05) is 19.1 Å². The van der Waals surface area contributed by atoms with Crippen LogP contribution in [-0.2, 0) is 6.42 Å². The van der Waals surface area contributed by atoms with Gasteiger partial charge in [-0.1, -0.05) is 19.1 Å². The average molecular weight is 236 g/mol. The largest absolute Gasteiger partial charge is 0.494 e. The zero-order valence-electron chi connectivity index (χ0n) is 10.9. The van der Waals surface area contributed by atoms with E-state index in [2.05, 4.69) is 24.4 Å². The van der Waals surface area contributed by atoms with Crippen LogP contribution >= 0.6 is 0 Å². The van der Waals surface area contributed by atoms with Crippen molar-refractivity contribution in [2.45, 2.75) is 20.3 Å². The van der Waals surface area contributed by atoms with Crippen LogP contribution in [0.4, 0.5) is 0 Å². The summed E-state index contributed by atoms with van der Waals surface area (Å²) in [6.07, 6.45) is 1.05. The average Bonchev–Trinajstić information content (AvgIpc) is 2.36. The van der Waals surface area contributed by atoms with Crippen LogP contribution in [0.2, 0.25) is 0 Å².